The number of nitrogens with zero attached hydrogens (tertiary/aromatic N) is 1. The molecular formula is C47H78N14O18S. The van der Waals surface area contributed by atoms with Crippen LogP contribution in [0.2, 0.25) is 0 Å². The highest BCUT2D eigenvalue weighted by molar-refractivity contribution is 8.13. The van der Waals surface area contributed by atoms with Crippen LogP contribution >= 0.6 is 11.8 Å². The molecule has 0 saturated carbocycles. The first-order chi connectivity index (χ1) is 37.6. The topological polar surface area (TPSA) is 532 Å². The molecule has 1 aliphatic rings. The number of carboxylic acid groups (broad SMARTS) is 3. The van der Waals surface area contributed by atoms with Crippen molar-refractivity contribution in [3.05, 3.63) is 0 Å². The van der Waals surface area contributed by atoms with Crippen LogP contribution in [0.4, 0.5) is 0 Å². The second kappa shape index (κ2) is 37.4. The fourth-order valence-corrected chi connectivity index (χ4v) is 8.19. The van der Waals surface area contributed by atoms with Gasteiger partial charge in [-0.1, -0.05) is 18.2 Å². The number of hydrogen-bond acceptors (Lipinski definition) is 19. The standard InChI is InChI=1S/C47H78N14O18S/c1-24(55-42(73)29(12-14-33(51)62)58-40(71)25(2)56-44(75)31(21-37(67)68)60-41(72)27(50)9-4-6-17-48)39(70)52-22-35(64)57-28(10-5-7-18-49)43(74)59-30(13-15-36(65)66)46(77)61-19-8-11-32(61)45(76)53-23-38(69)80-20-16-34(63)54-26(3)47(78)79/h24-32H,4-23,48-50H2,1-3H3,(H2,51,62)(H,52,70)(H,53,76)(H,54,63)(H,55,73)(H,56,75)(H,57,64)(H,58,71)(H,59,74)(H,60,72)(H,65,66)(H,67,68)(H,78,79)/t24-,25-,26-,27-,28-,29-,30-,31-,32-/m0/s1. The molecule has 0 spiro atoms. The summed E-state index contributed by atoms with van der Waals surface area (Å²) >= 11 is 0.712. The molecule has 0 bridgehead atoms. The molecule has 80 heavy (non-hydrogen) atoms. The van der Waals surface area contributed by atoms with Gasteiger partial charge in [-0.3, -0.25) is 71.9 Å². The van der Waals surface area contributed by atoms with Crippen LogP contribution in [0.25, 0.3) is 0 Å². The molecule has 1 aliphatic heterocycles. The number of unbranched alkanes of at least 4 members (excludes halogenated alkanes) is 2. The van der Waals surface area contributed by atoms with Crippen molar-refractivity contribution < 1.29 is 87.2 Å². The van der Waals surface area contributed by atoms with Gasteiger partial charge in [0.2, 0.25) is 70.1 Å². The molecule has 1 fully saturated rings. The summed E-state index contributed by atoms with van der Waals surface area (Å²) in [5.41, 5.74) is 22.2. The van der Waals surface area contributed by atoms with E-state index in [1.54, 1.807) is 0 Å². The summed E-state index contributed by atoms with van der Waals surface area (Å²) in [6, 6.07) is -12.4. The maximum atomic E-state index is 14.0. The Bertz CT molecular complexity index is 2220. The molecule has 0 aliphatic carbocycles. The van der Waals surface area contributed by atoms with E-state index in [4.69, 9.17) is 28.0 Å². The van der Waals surface area contributed by atoms with Crippen LogP contribution in [0.3, 0.4) is 0 Å². The van der Waals surface area contributed by atoms with Crippen molar-refractivity contribution in [2.24, 2.45) is 22.9 Å². The lowest BCUT2D eigenvalue weighted by Crippen LogP contribution is -2.58. The summed E-state index contributed by atoms with van der Waals surface area (Å²) in [6.07, 6.45) is -0.646. The quantitative estimate of drug-likeness (QED) is 0.0255. The Morgan fingerprint density at radius 1 is 0.550 bits per heavy atom. The van der Waals surface area contributed by atoms with Gasteiger partial charge in [0, 0.05) is 31.6 Å². The first-order valence-corrected chi connectivity index (χ1v) is 26.8. The molecule has 11 amide bonds. The fourth-order valence-electron chi connectivity index (χ4n) is 7.50. The minimum atomic E-state index is -1.67. The number of hydrogen-bond donors (Lipinski definition) is 16. The Morgan fingerprint density at radius 2 is 1.10 bits per heavy atom. The zero-order valence-corrected chi connectivity index (χ0v) is 45.8. The Kier molecular flexibility index (Phi) is 32.9. The van der Waals surface area contributed by atoms with Gasteiger partial charge in [0.25, 0.3) is 0 Å². The van der Waals surface area contributed by atoms with Crippen LogP contribution in [0, 0.1) is 0 Å². The number of rotatable bonds is 39. The minimum Gasteiger partial charge on any atom is -0.481 e. The molecule has 0 aromatic rings. The van der Waals surface area contributed by atoms with Gasteiger partial charge < -0.3 is 91.0 Å². The number of carboxylic acids is 3. The zero-order chi connectivity index (χ0) is 60.6. The molecule has 32 nitrogen and oxygen atoms in total. The molecular weight excluding hydrogens is 1080 g/mol. The average molecular weight is 1160 g/mol. The summed E-state index contributed by atoms with van der Waals surface area (Å²) in [6.45, 7) is 2.93. The molecule has 0 aromatic carbocycles. The van der Waals surface area contributed by atoms with E-state index in [0.717, 1.165) is 4.90 Å². The highest BCUT2D eigenvalue weighted by Gasteiger charge is 2.39. The number of amides is 11. The third-order valence-electron chi connectivity index (χ3n) is 12.0. The molecule has 0 radical (unpaired) electrons. The largest absolute Gasteiger partial charge is 0.481 e. The molecule has 450 valence electrons. The van der Waals surface area contributed by atoms with Crippen LogP contribution in [-0.4, -0.2) is 201 Å². The number of primary amides is 1. The van der Waals surface area contributed by atoms with Crippen molar-refractivity contribution in [1.82, 2.24) is 52.8 Å². The summed E-state index contributed by atoms with van der Waals surface area (Å²) in [5, 5.41) is 48.3. The lowest BCUT2D eigenvalue weighted by atomic mass is 10.1. The summed E-state index contributed by atoms with van der Waals surface area (Å²) in [7, 11) is 0. The van der Waals surface area contributed by atoms with Gasteiger partial charge in [-0.05, 0) is 91.6 Å². The lowest BCUT2D eigenvalue weighted by Gasteiger charge is -2.29. The van der Waals surface area contributed by atoms with E-state index in [2.05, 4.69) is 47.9 Å². The second-order valence-electron chi connectivity index (χ2n) is 18.7. The Morgan fingerprint density at radius 3 is 1.69 bits per heavy atom. The van der Waals surface area contributed by atoms with Gasteiger partial charge in [-0.15, -0.1) is 0 Å². The molecule has 0 unspecified atom stereocenters. The maximum absolute atomic E-state index is 14.0. The van der Waals surface area contributed by atoms with Crippen molar-refractivity contribution in [2.45, 2.75) is 165 Å². The SMILES string of the molecule is C[C@H](NC(=O)CCSC(=O)CNC(=O)[C@@H]1CCCN1C(=O)[C@H](CCC(=O)O)NC(=O)[C@H](CCCCN)NC(=O)CNC(=O)[C@H](C)NC(=O)[C@H](CCC(N)=O)NC(=O)[C@H](C)NC(=O)[C@H](CC(=O)O)NC(=O)[C@@H](N)CCCCN)C(=O)O. The number of carbonyl (C=O) groups is 15. The van der Waals surface area contributed by atoms with Gasteiger partial charge in [-0.2, -0.15) is 0 Å². The predicted molar refractivity (Wildman–Crippen MR) is 282 cm³/mol. The van der Waals surface area contributed by atoms with Crippen LogP contribution in [0.1, 0.15) is 111 Å². The van der Waals surface area contributed by atoms with Gasteiger partial charge in [0.15, 0.2) is 0 Å². The van der Waals surface area contributed by atoms with Crippen LogP contribution in [0.5, 0.6) is 0 Å². The Labute approximate surface area is 465 Å². The van der Waals surface area contributed by atoms with E-state index in [9.17, 15) is 82.1 Å². The normalized spacial score (nSPS) is 15.8. The van der Waals surface area contributed by atoms with Crippen LogP contribution in [0.15, 0.2) is 0 Å². The summed E-state index contributed by atoms with van der Waals surface area (Å²) in [4.78, 5) is 191. The van der Waals surface area contributed by atoms with Crippen molar-refractivity contribution >= 4 is 99.8 Å². The van der Waals surface area contributed by atoms with Gasteiger partial charge in [0.1, 0.15) is 48.3 Å². The van der Waals surface area contributed by atoms with Crippen molar-refractivity contribution in [2.75, 3.05) is 38.5 Å². The van der Waals surface area contributed by atoms with E-state index < -0.39 is 188 Å². The second-order valence-corrected chi connectivity index (χ2v) is 19.9. The predicted octanol–water partition coefficient (Wildman–Crippen LogP) is -6.41. The number of nitrogens with two attached hydrogens (primary N) is 4. The van der Waals surface area contributed by atoms with E-state index in [-0.39, 0.29) is 50.9 Å². The van der Waals surface area contributed by atoms with Crippen molar-refractivity contribution in [3.63, 3.8) is 0 Å². The highest BCUT2D eigenvalue weighted by Crippen LogP contribution is 2.20. The number of nitrogens with one attached hydrogen (secondary N) is 9. The molecule has 1 rings (SSSR count). The van der Waals surface area contributed by atoms with Gasteiger partial charge in [0.05, 0.1) is 25.6 Å². The third-order valence-corrected chi connectivity index (χ3v) is 12.9. The molecule has 1 heterocycles. The van der Waals surface area contributed by atoms with Crippen LogP contribution < -0.4 is 70.8 Å². The average Bonchev–Trinajstić information content (AvgIpc) is 3.89. The van der Waals surface area contributed by atoms with Crippen LogP contribution in [-0.2, 0) is 71.9 Å². The summed E-state index contributed by atoms with van der Waals surface area (Å²) in [5.74, 6) is -13.9. The Balaban J connectivity index is 3.03. The third kappa shape index (κ3) is 27.9. The highest BCUT2D eigenvalue weighted by atomic mass is 32.2. The number of likely N-dealkylation sites (tertiary alicyclic amines) is 1. The number of carbonyl (C=O) groups excluding carboxylic acids is 12. The monoisotopic (exact) mass is 1160 g/mol. The minimum absolute atomic E-state index is 0.0189. The fraction of sp³-hybridized carbons (Fsp3) is 0.681. The van der Waals surface area contributed by atoms with E-state index >= 15 is 0 Å². The number of thioether (sulfide) groups is 1. The van der Waals surface area contributed by atoms with Crippen molar-refractivity contribution in [3.8, 4) is 0 Å². The molecule has 0 aromatic heterocycles. The lowest BCUT2D eigenvalue weighted by molar-refractivity contribution is -0.143. The first-order valence-electron chi connectivity index (χ1n) is 25.8. The number of aliphatic carboxylic acids is 3. The molecule has 20 N–H and O–H groups in total. The molecule has 33 heteroatoms. The maximum Gasteiger partial charge on any atom is 0.325 e. The van der Waals surface area contributed by atoms with E-state index in [0.29, 0.717) is 44.0 Å². The zero-order valence-electron chi connectivity index (χ0n) is 45.0. The first kappa shape index (κ1) is 70.5. The van der Waals surface area contributed by atoms with Crippen molar-refractivity contribution in [1.29, 1.82) is 0 Å². The Hall–Kier alpha value is -7.52. The van der Waals surface area contributed by atoms with E-state index in [1.807, 2.05) is 0 Å². The van der Waals surface area contributed by atoms with E-state index in [1.165, 1.54) is 20.8 Å². The van der Waals surface area contributed by atoms with Gasteiger partial charge in [-0.25, -0.2) is 0 Å². The summed E-state index contributed by atoms with van der Waals surface area (Å²) < 4.78 is 0. The molecule has 9 atom stereocenters. The van der Waals surface area contributed by atoms with Gasteiger partial charge >= 0.3 is 17.9 Å². The smallest absolute Gasteiger partial charge is 0.325 e. The molecule has 1 saturated heterocycles.